The van der Waals surface area contributed by atoms with Crippen LogP contribution in [0.2, 0.25) is 5.02 Å². The predicted molar refractivity (Wildman–Crippen MR) is 141 cm³/mol. The second-order valence-electron chi connectivity index (χ2n) is 8.79. The molecular formula is C29H21ClF2N2S. The molecule has 0 spiro atoms. The monoisotopic (exact) mass is 502 g/mol. The van der Waals surface area contributed by atoms with Gasteiger partial charge in [0.05, 0.1) is 17.4 Å². The van der Waals surface area contributed by atoms with Crippen molar-refractivity contribution in [2.45, 2.75) is 25.3 Å². The molecule has 0 saturated heterocycles. The number of aliphatic imine (C=N–C) groups is 1. The van der Waals surface area contributed by atoms with Crippen LogP contribution in [0.3, 0.4) is 0 Å². The lowest BCUT2D eigenvalue weighted by Crippen LogP contribution is -2.34. The van der Waals surface area contributed by atoms with Crippen LogP contribution in [-0.2, 0) is 0 Å². The number of hydrogen-bond donors (Lipinski definition) is 0. The van der Waals surface area contributed by atoms with Crippen LogP contribution in [0, 0.1) is 11.6 Å². The molecule has 1 unspecified atom stereocenters. The van der Waals surface area contributed by atoms with Gasteiger partial charge in [-0.15, -0.1) is 0 Å². The number of nitrogens with zero attached hydrogens (tertiary/aromatic N) is 2. The van der Waals surface area contributed by atoms with Crippen LogP contribution in [0.5, 0.6) is 0 Å². The van der Waals surface area contributed by atoms with E-state index in [0.717, 1.165) is 58.1 Å². The minimum atomic E-state index is -0.252. The third kappa shape index (κ3) is 4.24. The molecule has 0 N–H and O–H groups in total. The molecule has 0 bridgehead atoms. The van der Waals surface area contributed by atoms with Crippen molar-refractivity contribution in [2.24, 2.45) is 4.99 Å². The maximum absolute atomic E-state index is 13.9. The van der Waals surface area contributed by atoms with Crippen LogP contribution >= 0.6 is 23.4 Å². The Morgan fingerprint density at radius 1 is 0.886 bits per heavy atom. The highest BCUT2D eigenvalue weighted by molar-refractivity contribution is 8.16. The fourth-order valence-electron chi connectivity index (χ4n) is 4.95. The quantitative estimate of drug-likeness (QED) is 0.356. The molecule has 6 heteroatoms. The topological polar surface area (TPSA) is 15.6 Å². The van der Waals surface area contributed by atoms with Gasteiger partial charge in [-0.05, 0) is 89.6 Å². The van der Waals surface area contributed by atoms with Crippen LogP contribution in [0.1, 0.15) is 42.0 Å². The van der Waals surface area contributed by atoms with E-state index in [1.165, 1.54) is 29.8 Å². The normalized spacial score (nSPS) is 20.5. The van der Waals surface area contributed by atoms with E-state index in [9.17, 15) is 8.78 Å². The van der Waals surface area contributed by atoms with Gasteiger partial charge < -0.3 is 4.90 Å². The van der Waals surface area contributed by atoms with E-state index in [1.54, 1.807) is 23.9 Å². The first-order valence-corrected chi connectivity index (χ1v) is 12.8. The van der Waals surface area contributed by atoms with Gasteiger partial charge in [0.15, 0.2) is 5.17 Å². The lowest BCUT2D eigenvalue weighted by molar-refractivity contribution is 0.457. The Morgan fingerprint density at radius 2 is 1.57 bits per heavy atom. The van der Waals surface area contributed by atoms with E-state index in [-0.39, 0.29) is 17.7 Å². The molecule has 0 saturated carbocycles. The number of allylic oxidation sites excluding steroid dienone is 1. The minimum absolute atomic E-state index is 0.0908. The van der Waals surface area contributed by atoms with E-state index in [4.69, 9.17) is 16.6 Å². The molecule has 3 aromatic rings. The van der Waals surface area contributed by atoms with Gasteiger partial charge in [-0.25, -0.2) is 13.8 Å². The molecule has 3 aliphatic rings. The summed E-state index contributed by atoms with van der Waals surface area (Å²) < 4.78 is 27.3. The first-order chi connectivity index (χ1) is 17.1. The van der Waals surface area contributed by atoms with Crippen molar-refractivity contribution in [3.63, 3.8) is 0 Å². The highest BCUT2D eigenvalue weighted by atomic mass is 35.5. The molecule has 0 amide bonds. The summed E-state index contributed by atoms with van der Waals surface area (Å²) in [6.07, 6.45) is 4.92. The fourth-order valence-corrected chi connectivity index (χ4v) is 6.01. The third-order valence-corrected chi connectivity index (χ3v) is 7.67. The van der Waals surface area contributed by atoms with Gasteiger partial charge in [-0.3, -0.25) is 0 Å². The summed E-state index contributed by atoms with van der Waals surface area (Å²) in [4.78, 5) is 7.40. The summed E-state index contributed by atoms with van der Waals surface area (Å²) >= 11 is 7.74. The fraction of sp³-hybridized carbons (Fsp3) is 0.138. The molecule has 1 aliphatic carbocycles. The van der Waals surface area contributed by atoms with Crippen LogP contribution in [0.4, 0.5) is 8.78 Å². The van der Waals surface area contributed by atoms with Crippen molar-refractivity contribution in [3.05, 3.63) is 128 Å². The number of benzene rings is 3. The van der Waals surface area contributed by atoms with E-state index in [2.05, 4.69) is 16.4 Å². The molecule has 2 aliphatic heterocycles. The van der Waals surface area contributed by atoms with Gasteiger partial charge in [0, 0.05) is 10.4 Å². The molecule has 174 valence electrons. The number of fused-ring (bicyclic) bond motifs is 1. The minimum Gasteiger partial charge on any atom is -0.308 e. The molecular weight excluding hydrogens is 482 g/mol. The zero-order valence-corrected chi connectivity index (χ0v) is 20.3. The summed E-state index contributed by atoms with van der Waals surface area (Å²) in [5, 5.41) is 3.71. The molecule has 6 rings (SSSR count). The van der Waals surface area contributed by atoms with Crippen molar-refractivity contribution in [3.8, 4) is 0 Å². The zero-order chi connectivity index (χ0) is 23.9. The average molecular weight is 503 g/mol. The van der Waals surface area contributed by atoms with Crippen LogP contribution in [0.25, 0.3) is 11.8 Å². The summed E-state index contributed by atoms with van der Waals surface area (Å²) in [6, 6.07) is 21.1. The first-order valence-electron chi connectivity index (χ1n) is 11.5. The maximum Gasteiger partial charge on any atom is 0.174 e. The SMILES string of the molecule is Fc1ccc(/C=C2\CCCC3=C2N=C2SC=C(c4ccc(Cl)cc4)N2C3c2ccc(F)cc2)cc1. The lowest BCUT2D eigenvalue weighted by atomic mass is 9.82. The van der Waals surface area contributed by atoms with E-state index < -0.39 is 0 Å². The second-order valence-corrected chi connectivity index (χ2v) is 10.1. The summed E-state index contributed by atoms with van der Waals surface area (Å²) in [5.41, 5.74) is 7.47. The number of thioether (sulfide) groups is 1. The Hall–Kier alpha value is -3.15. The van der Waals surface area contributed by atoms with Crippen molar-refractivity contribution >= 4 is 40.3 Å². The number of halogens is 3. The third-order valence-electron chi connectivity index (χ3n) is 6.57. The van der Waals surface area contributed by atoms with Gasteiger partial charge in [0.1, 0.15) is 11.6 Å². The largest absolute Gasteiger partial charge is 0.308 e. The lowest BCUT2D eigenvalue weighted by Gasteiger charge is -2.40. The summed E-state index contributed by atoms with van der Waals surface area (Å²) in [5.74, 6) is -0.499. The summed E-state index contributed by atoms with van der Waals surface area (Å²) in [6.45, 7) is 0. The van der Waals surface area contributed by atoms with Gasteiger partial charge >= 0.3 is 0 Å². The molecule has 2 nitrogen and oxygen atoms in total. The van der Waals surface area contributed by atoms with Crippen molar-refractivity contribution < 1.29 is 8.78 Å². The smallest absolute Gasteiger partial charge is 0.174 e. The van der Waals surface area contributed by atoms with Crippen LogP contribution in [-0.4, -0.2) is 10.1 Å². The first kappa shape index (κ1) is 22.3. The van der Waals surface area contributed by atoms with Gasteiger partial charge in [0.2, 0.25) is 0 Å². The Labute approximate surface area is 212 Å². The molecule has 3 aromatic carbocycles. The molecule has 2 heterocycles. The number of hydrogen-bond acceptors (Lipinski definition) is 3. The highest BCUT2D eigenvalue weighted by Crippen LogP contribution is 2.51. The molecule has 0 aromatic heterocycles. The zero-order valence-electron chi connectivity index (χ0n) is 18.7. The van der Waals surface area contributed by atoms with Crippen molar-refractivity contribution in [1.29, 1.82) is 0 Å². The Balaban J connectivity index is 1.48. The van der Waals surface area contributed by atoms with Gasteiger partial charge in [-0.1, -0.05) is 59.8 Å². The van der Waals surface area contributed by atoms with Crippen molar-refractivity contribution in [1.82, 2.24) is 4.90 Å². The standard InChI is InChI=1S/C29H21ClF2N2S/c30-22-10-6-19(7-11-22)26-17-35-29-33-27-21(16-18-4-12-23(31)13-5-18)2-1-3-25(27)28(34(26)29)20-8-14-24(32)15-9-20/h4-17,28H,1-3H2/b21-16+. The summed E-state index contributed by atoms with van der Waals surface area (Å²) in [7, 11) is 0. The van der Waals surface area contributed by atoms with Crippen molar-refractivity contribution in [2.75, 3.05) is 0 Å². The predicted octanol–water partition coefficient (Wildman–Crippen LogP) is 8.60. The molecule has 0 fully saturated rings. The van der Waals surface area contributed by atoms with Crippen LogP contribution < -0.4 is 0 Å². The molecule has 35 heavy (non-hydrogen) atoms. The van der Waals surface area contributed by atoms with Crippen LogP contribution in [0.15, 0.2) is 100 Å². The van der Waals surface area contributed by atoms with Gasteiger partial charge in [-0.2, -0.15) is 0 Å². The average Bonchev–Trinajstić information content (AvgIpc) is 3.29. The number of amidine groups is 1. The number of rotatable bonds is 3. The maximum atomic E-state index is 13.9. The molecule has 1 atom stereocenters. The second kappa shape index (κ2) is 9.14. The Bertz CT molecular complexity index is 1400. The Kier molecular flexibility index (Phi) is 5.83. The highest BCUT2D eigenvalue weighted by Gasteiger charge is 2.40. The van der Waals surface area contributed by atoms with Gasteiger partial charge in [0.25, 0.3) is 0 Å². The molecule has 0 radical (unpaired) electrons. The van der Waals surface area contributed by atoms with E-state index in [1.807, 2.05) is 36.4 Å². The van der Waals surface area contributed by atoms with E-state index in [0.29, 0.717) is 5.02 Å². The van der Waals surface area contributed by atoms with E-state index >= 15 is 0 Å². The Morgan fingerprint density at radius 3 is 2.29 bits per heavy atom.